The van der Waals surface area contributed by atoms with Crippen molar-refractivity contribution in [3.05, 3.63) is 73.1 Å². The number of nitrogens with zero attached hydrogens (tertiary/aromatic N) is 4. The molecular formula is C21H15N5. The lowest BCUT2D eigenvalue weighted by Gasteiger charge is -2.02. The fourth-order valence-electron chi connectivity index (χ4n) is 3.14. The van der Waals surface area contributed by atoms with Crippen LogP contribution in [0.25, 0.3) is 44.3 Å². The molecule has 0 atom stereocenters. The Morgan fingerprint density at radius 3 is 2.50 bits per heavy atom. The van der Waals surface area contributed by atoms with Crippen LogP contribution in [-0.2, 0) is 0 Å². The van der Waals surface area contributed by atoms with E-state index >= 15 is 0 Å². The lowest BCUT2D eigenvalue weighted by atomic mass is 10.1. The summed E-state index contributed by atoms with van der Waals surface area (Å²) in [6.07, 6.45) is 9.20. The van der Waals surface area contributed by atoms with Gasteiger partial charge in [-0.3, -0.25) is 15.0 Å². The highest BCUT2D eigenvalue weighted by molar-refractivity contribution is 6.07. The summed E-state index contributed by atoms with van der Waals surface area (Å²) in [5.74, 6) is 0. The van der Waals surface area contributed by atoms with E-state index in [1.54, 1.807) is 6.20 Å². The van der Waals surface area contributed by atoms with Crippen molar-refractivity contribution in [3.63, 3.8) is 0 Å². The van der Waals surface area contributed by atoms with E-state index in [1.165, 1.54) is 0 Å². The van der Waals surface area contributed by atoms with Crippen molar-refractivity contribution in [3.8, 4) is 22.4 Å². The number of aromatic nitrogens is 5. The zero-order chi connectivity index (χ0) is 17.5. The molecule has 0 aliphatic heterocycles. The van der Waals surface area contributed by atoms with E-state index in [2.05, 4.69) is 43.1 Å². The molecule has 0 radical (unpaired) electrons. The van der Waals surface area contributed by atoms with E-state index in [4.69, 9.17) is 0 Å². The van der Waals surface area contributed by atoms with E-state index < -0.39 is 0 Å². The van der Waals surface area contributed by atoms with Crippen LogP contribution in [0, 0.1) is 6.92 Å². The molecule has 0 fully saturated rings. The Kier molecular flexibility index (Phi) is 3.25. The Hall–Kier alpha value is -3.60. The van der Waals surface area contributed by atoms with Gasteiger partial charge >= 0.3 is 0 Å². The number of pyridine rings is 4. The van der Waals surface area contributed by atoms with Crippen molar-refractivity contribution in [2.45, 2.75) is 6.92 Å². The van der Waals surface area contributed by atoms with Gasteiger partial charge in [-0.05, 0) is 37.3 Å². The average Bonchev–Trinajstić information content (AvgIpc) is 3.06. The minimum absolute atomic E-state index is 0.856. The van der Waals surface area contributed by atoms with E-state index in [1.807, 2.05) is 49.9 Å². The molecule has 0 spiro atoms. The average molecular weight is 337 g/mol. The van der Waals surface area contributed by atoms with Crippen molar-refractivity contribution in [2.24, 2.45) is 0 Å². The number of hydrogen-bond donors (Lipinski definition) is 1. The number of aryl methyl sites for hydroxylation is 1. The first kappa shape index (κ1) is 14.7. The fraction of sp³-hybridized carbons (Fsp3) is 0.0476. The van der Waals surface area contributed by atoms with Gasteiger partial charge in [0.2, 0.25) is 0 Å². The number of H-pyrrole nitrogens is 1. The molecule has 0 aliphatic carbocycles. The van der Waals surface area contributed by atoms with Crippen LogP contribution < -0.4 is 0 Å². The van der Waals surface area contributed by atoms with E-state index in [0.717, 1.165) is 50.0 Å². The van der Waals surface area contributed by atoms with Crippen LogP contribution in [0.15, 0.2) is 67.4 Å². The minimum atomic E-state index is 0.856. The topological polar surface area (TPSA) is 67.3 Å². The number of rotatable bonds is 2. The first-order valence-electron chi connectivity index (χ1n) is 8.39. The van der Waals surface area contributed by atoms with Crippen LogP contribution in [0.5, 0.6) is 0 Å². The lowest BCUT2D eigenvalue weighted by molar-refractivity contribution is 1.20. The van der Waals surface area contributed by atoms with Crippen molar-refractivity contribution in [1.29, 1.82) is 0 Å². The number of hydrogen-bond acceptors (Lipinski definition) is 4. The minimum Gasteiger partial charge on any atom is -0.338 e. The lowest BCUT2D eigenvalue weighted by Crippen LogP contribution is -1.85. The van der Waals surface area contributed by atoms with Gasteiger partial charge in [-0.25, -0.2) is 4.98 Å². The van der Waals surface area contributed by atoms with Crippen LogP contribution in [0.3, 0.4) is 0 Å². The van der Waals surface area contributed by atoms with Gasteiger partial charge in [0.1, 0.15) is 5.65 Å². The Morgan fingerprint density at radius 1 is 0.769 bits per heavy atom. The van der Waals surface area contributed by atoms with Crippen molar-refractivity contribution < 1.29 is 0 Å². The molecule has 0 saturated carbocycles. The van der Waals surface area contributed by atoms with Crippen LogP contribution in [0.2, 0.25) is 0 Å². The first-order valence-corrected chi connectivity index (χ1v) is 8.39. The zero-order valence-electron chi connectivity index (χ0n) is 14.1. The van der Waals surface area contributed by atoms with Gasteiger partial charge < -0.3 is 4.98 Å². The predicted octanol–water partition coefficient (Wildman–Crippen LogP) is 4.54. The molecule has 5 heteroatoms. The van der Waals surface area contributed by atoms with Crippen LogP contribution >= 0.6 is 0 Å². The second-order valence-corrected chi connectivity index (χ2v) is 6.29. The summed E-state index contributed by atoms with van der Waals surface area (Å²) in [5, 5.41) is 2.17. The van der Waals surface area contributed by atoms with Gasteiger partial charge in [0.05, 0.1) is 17.4 Å². The molecule has 5 aromatic heterocycles. The second kappa shape index (κ2) is 5.74. The highest BCUT2D eigenvalue weighted by Crippen LogP contribution is 2.30. The summed E-state index contributed by atoms with van der Waals surface area (Å²) in [4.78, 5) is 21.1. The fourth-order valence-corrected chi connectivity index (χ4v) is 3.14. The third kappa shape index (κ3) is 2.41. The summed E-state index contributed by atoms with van der Waals surface area (Å²) in [7, 11) is 0. The maximum Gasteiger partial charge on any atom is 0.138 e. The molecule has 0 aliphatic rings. The molecule has 1 N–H and O–H groups in total. The van der Waals surface area contributed by atoms with Gasteiger partial charge in [0.15, 0.2) is 0 Å². The largest absolute Gasteiger partial charge is 0.338 e. The molecule has 0 bridgehead atoms. The standard InChI is InChI=1S/C21H15N5/c1-13-4-5-14(10-23-13)16-7-18-17-8-19(15-3-2-6-22-9-15)24-12-20(17)26-21(18)25-11-16/h2-12H,1H3,(H,25,26). The molecule has 5 rings (SSSR count). The third-order valence-electron chi connectivity index (χ3n) is 4.54. The molecule has 5 nitrogen and oxygen atoms in total. The Morgan fingerprint density at radius 2 is 1.69 bits per heavy atom. The first-order chi connectivity index (χ1) is 12.8. The van der Waals surface area contributed by atoms with Gasteiger partial charge in [-0.2, -0.15) is 0 Å². The van der Waals surface area contributed by atoms with Gasteiger partial charge in [-0.1, -0.05) is 6.07 Å². The summed E-state index contributed by atoms with van der Waals surface area (Å²) in [6, 6.07) is 12.3. The predicted molar refractivity (Wildman–Crippen MR) is 103 cm³/mol. The Labute approximate surface area is 149 Å². The molecule has 0 saturated heterocycles. The van der Waals surface area contributed by atoms with Crippen LogP contribution in [0.4, 0.5) is 0 Å². The van der Waals surface area contributed by atoms with Gasteiger partial charge in [-0.15, -0.1) is 0 Å². The maximum atomic E-state index is 4.60. The molecule has 5 aromatic rings. The number of aromatic amines is 1. The highest BCUT2D eigenvalue weighted by Gasteiger charge is 2.10. The SMILES string of the molecule is Cc1ccc(-c2cnc3[nH]c4cnc(-c5cccnc5)cc4c3c2)cn1. The molecule has 0 aromatic carbocycles. The summed E-state index contributed by atoms with van der Waals surface area (Å²) < 4.78 is 0. The highest BCUT2D eigenvalue weighted by atomic mass is 14.9. The quantitative estimate of drug-likeness (QED) is 0.513. The maximum absolute atomic E-state index is 4.60. The van der Waals surface area contributed by atoms with Gasteiger partial charge in [0, 0.05) is 57.9 Å². The van der Waals surface area contributed by atoms with Crippen molar-refractivity contribution in [1.82, 2.24) is 24.9 Å². The number of nitrogens with one attached hydrogen (secondary N) is 1. The van der Waals surface area contributed by atoms with Crippen LogP contribution in [0.1, 0.15) is 5.69 Å². The molecule has 0 unspecified atom stereocenters. The van der Waals surface area contributed by atoms with E-state index in [0.29, 0.717) is 0 Å². The zero-order valence-corrected chi connectivity index (χ0v) is 14.1. The molecule has 5 heterocycles. The molecule has 124 valence electrons. The summed E-state index contributed by atoms with van der Waals surface area (Å²) in [6.45, 7) is 1.98. The monoisotopic (exact) mass is 337 g/mol. The Bertz CT molecular complexity index is 1220. The molecule has 26 heavy (non-hydrogen) atoms. The second-order valence-electron chi connectivity index (χ2n) is 6.29. The normalized spacial score (nSPS) is 11.3. The molecular weight excluding hydrogens is 322 g/mol. The van der Waals surface area contributed by atoms with Crippen molar-refractivity contribution >= 4 is 21.9 Å². The Balaban J connectivity index is 1.71. The summed E-state index contributed by atoms with van der Waals surface area (Å²) in [5.41, 5.74) is 6.83. The summed E-state index contributed by atoms with van der Waals surface area (Å²) >= 11 is 0. The van der Waals surface area contributed by atoms with Gasteiger partial charge in [0.25, 0.3) is 0 Å². The third-order valence-corrected chi connectivity index (χ3v) is 4.54. The smallest absolute Gasteiger partial charge is 0.138 e. The van der Waals surface area contributed by atoms with E-state index in [9.17, 15) is 0 Å². The van der Waals surface area contributed by atoms with E-state index in [-0.39, 0.29) is 0 Å². The van der Waals surface area contributed by atoms with Crippen LogP contribution in [-0.4, -0.2) is 24.9 Å². The molecule has 0 amide bonds. The van der Waals surface area contributed by atoms with Crippen molar-refractivity contribution in [2.75, 3.05) is 0 Å². The number of fused-ring (bicyclic) bond motifs is 3.